The molecular formula is C26H24N6O4. The van der Waals surface area contributed by atoms with Crippen LogP contribution < -0.4 is 15.8 Å². The van der Waals surface area contributed by atoms with Gasteiger partial charge in [-0.15, -0.1) is 15.0 Å². The highest BCUT2D eigenvalue weighted by atomic mass is 16.5. The van der Waals surface area contributed by atoms with Crippen LogP contribution in [0.15, 0.2) is 84.9 Å². The van der Waals surface area contributed by atoms with Crippen molar-refractivity contribution in [2.24, 2.45) is 5.73 Å². The number of aromatic nitrogens is 3. The third-order valence-corrected chi connectivity index (χ3v) is 5.27. The zero-order valence-corrected chi connectivity index (χ0v) is 19.5. The summed E-state index contributed by atoms with van der Waals surface area (Å²) in [4.78, 5) is 40.9. The maximum atomic E-state index is 13.3. The molecule has 0 atom stereocenters. The Hall–Kier alpha value is -4.99. The summed E-state index contributed by atoms with van der Waals surface area (Å²) in [6.45, 7) is -0.103. The smallest absolute Gasteiger partial charge is 0.273 e. The average molecular weight is 485 g/mol. The van der Waals surface area contributed by atoms with Crippen molar-refractivity contribution < 1.29 is 19.1 Å². The average Bonchev–Trinajstić information content (AvgIpc) is 3.33. The SMILES string of the molecule is COc1ccc(C(=O)N(CC(=O)Nc2nn(-c3ccccc3)nc2C(N)=O)Cc2ccccc2)cc1. The molecule has 0 aliphatic rings. The first-order valence-corrected chi connectivity index (χ1v) is 11.0. The summed E-state index contributed by atoms with van der Waals surface area (Å²) in [6, 6.07) is 24.8. The Morgan fingerprint density at radius 1 is 0.917 bits per heavy atom. The van der Waals surface area contributed by atoms with Crippen molar-refractivity contribution in [2.45, 2.75) is 6.54 Å². The van der Waals surface area contributed by atoms with Crippen molar-refractivity contribution in [3.05, 3.63) is 102 Å². The third-order valence-electron chi connectivity index (χ3n) is 5.27. The maximum Gasteiger partial charge on any atom is 0.273 e. The molecule has 0 saturated heterocycles. The minimum Gasteiger partial charge on any atom is -0.497 e. The molecule has 0 spiro atoms. The Morgan fingerprint density at radius 3 is 2.17 bits per heavy atom. The highest BCUT2D eigenvalue weighted by molar-refractivity contribution is 6.02. The summed E-state index contributed by atoms with van der Waals surface area (Å²) >= 11 is 0. The molecule has 0 aliphatic heterocycles. The zero-order valence-electron chi connectivity index (χ0n) is 19.5. The maximum absolute atomic E-state index is 13.3. The molecule has 36 heavy (non-hydrogen) atoms. The van der Waals surface area contributed by atoms with Crippen LogP contribution in [0.1, 0.15) is 26.4 Å². The van der Waals surface area contributed by atoms with E-state index in [2.05, 4.69) is 15.5 Å². The molecule has 0 unspecified atom stereocenters. The number of nitrogens with one attached hydrogen (secondary N) is 1. The van der Waals surface area contributed by atoms with E-state index in [0.717, 1.165) is 5.56 Å². The predicted molar refractivity (Wildman–Crippen MR) is 133 cm³/mol. The molecule has 0 aliphatic carbocycles. The molecule has 3 N–H and O–H groups in total. The minimum absolute atomic E-state index is 0.0899. The normalized spacial score (nSPS) is 10.5. The molecule has 10 heteroatoms. The monoisotopic (exact) mass is 484 g/mol. The van der Waals surface area contributed by atoms with Crippen molar-refractivity contribution in [2.75, 3.05) is 19.0 Å². The first-order chi connectivity index (χ1) is 17.4. The minimum atomic E-state index is -0.845. The fourth-order valence-electron chi connectivity index (χ4n) is 3.50. The number of nitrogens with two attached hydrogens (primary N) is 1. The molecule has 182 valence electrons. The molecule has 0 saturated carbocycles. The summed E-state index contributed by atoms with van der Waals surface area (Å²) in [6.07, 6.45) is 0. The lowest BCUT2D eigenvalue weighted by Gasteiger charge is -2.22. The molecule has 1 heterocycles. The van der Waals surface area contributed by atoms with E-state index >= 15 is 0 Å². The van der Waals surface area contributed by atoms with Crippen LogP contribution in [0.3, 0.4) is 0 Å². The summed E-state index contributed by atoms with van der Waals surface area (Å²) in [5, 5.41) is 10.9. The first kappa shape index (κ1) is 24.1. The number of carbonyl (C=O) groups is 3. The summed E-state index contributed by atoms with van der Waals surface area (Å²) in [7, 11) is 1.54. The van der Waals surface area contributed by atoms with E-state index in [1.807, 2.05) is 36.4 Å². The van der Waals surface area contributed by atoms with Crippen LogP contribution in [0.4, 0.5) is 5.82 Å². The second kappa shape index (κ2) is 11.0. The Morgan fingerprint density at radius 2 is 1.56 bits per heavy atom. The van der Waals surface area contributed by atoms with Crippen LogP contribution >= 0.6 is 0 Å². The van der Waals surface area contributed by atoms with Gasteiger partial charge in [0.25, 0.3) is 11.8 Å². The van der Waals surface area contributed by atoms with Gasteiger partial charge in [0.05, 0.1) is 12.8 Å². The molecule has 4 aromatic rings. The third kappa shape index (κ3) is 5.73. The molecule has 1 aromatic heterocycles. The van der Waals surface area contributed by atoms with Gasteiger partial charge in [-0.1, -0.05) is 48.5 Å². The van der Waals surface area contributed by atoms with Gasteiger partial charge < -0.3 is 20.7 Å². The number of ether oxygens (including phenoxy) is 1. The van der Waals surface area contributed by atoms with E-state index in [1.165, 1.54) is 16.8 Å². The lowest BCUT2D eigenvalue weighted by molar-refractivity contribution is -0.117. The van der Waals surface area contributed by atoms with Gasteiger partial charge in [-0.05, 0) is 42.0 Å². The van der Waals surface area contributed by atoms with Gasteiger partial charge in [-0.25, -0.2) is 0 Å². The summed E-state index contributed by atoms with van der Waals surface area (Å²) in [5.74, 6) is -1.23. The number of methoxy groups -OCH3 is 1. The predicted octanol–water partition coefficient (Wildman–Crippen LogP) is 2.66. The number of primary amides is 1. The number of hydrogen-bond acceptors (Lipinski definition) is 6. The van der Waals surface area contributed by atoms with Crippen molar-refractivity contribution in [3.63, 3.8) is 0 Å². The molecule has 3 amide bonds. The van der Waals surface area contributed by atoms with Crippen LogP contribution in [0.2, 0.25) is 0 Å². The van der Waals surface area contributed by atoms with Gasteiger partial charge in [0.1, 0.15) is 12.3 Å². The van der Waals surface area contributed by atoms with Crippen molar-refractivity contribution in [1.29, 1.82) is 0 Å². The molecule has 4 rings (SSSR count). The molecule has 3 aromatic carbocycles. The number of carbonyl (C=O) groups excluding carboxylic acids is 3. The van der Waals surface area contributed by atoms with E-state index in [-0.39, 0.29) is 30.5 Å². The fraction of sp³-hybridized carbons (Fsp3) is 0.115. The van der Waals surface area contributed by atoms with E-state index in [4.69, 9.17) is 10.5 Å². The number of anilines is 1. The molecule has 0 radical (unpaired) electrons. The molecule has 0 bridgehead atoms. The van der Waals surface area contributed by atoms with Crippen molar-refractivity contribution >= 4 is 23.5 Å². The second-order valence-corrected chi connectivity index (χ2v) is 7.81. The lowest BCUT2D eigenvalue weighted by Crippen LogP contribution is -2.38. The number of benzene rings is 3. The lowest BCUT2D eigenvalue weighted by atomic mass is 10.1. The Labute approximate surface area is 207 Å². The highest BCUT2D eigenvalue weighted by Crippen LogP contribution is 2.16. The van der Waals surface area contributed by atoms with Gasteiger partial charge in [-0.3, -0.25) is 14.4 Å². The Bertz CT molecular complexity index is 1350. The van der Waals surface area contributed by atoms with Crippen LogP contribution in [-0.2, 0) is 11.3 Å². The number of amides is 3. The molecule has 0 fully saturated rings. The topological polar surface area (TPSA) is 132 Å². The number of nitrogens with zero attached hydrogens (tertiary/aromatic N) is 4. The van der Waals surface area contributed by atoms with Gasteiger partial charge in [0.2, 0.25) is 5.91 Å². The van der Waals surface area contributed by atoms with Gasteiger partial charge in [-0.2, -0.15) is 0 Å². The first-order valence-electron chi connectivity index (χ1n) is 11.0. The van der Waals surface area contributed by atoms with Gasteiger partial charge in [0.15, 0.2) is 11.5 Å². The standard InChI is InChI=1S/C26H24N6O4/c1-36-21-14-12-19(13-15-21)26(35)31(16-18-8-4-2-5-9-18)17-22(33)28-25-23(24(27)34)29-32(30-25)20-10-6-3-7-11-20/h2-15H,16-17H2,1H3,(H2,27,34)(H,28,30,33). The number of hydrogen-bond donors (Lipinski definition) is 2. The van der Waals surface area contributed by atoms with Crippen LogP contribution in [0, 0.1) is 0 Å². The number of para-hydroxylation sites is 1. The van der Waals surface area contributed by atoms with E-state index in [0.29, 0.717) is 17.0 Å². The van der Waals surface area contributed by atoms with Crippen molar-refractivity contribution in [1.82, 2.24) is 19.9 Å². The zero-order chi connectivity index (χ0) is 25.5. The summed E-state index contributed by atoms with van der Waals surface area (Å²) < 4.78 is 5.16. The quantitative estimate of drug-likeness (QED) is 0.375. The highest BCUT2D eigenvalue weighted by Gasteiger charge is 2.23. The Balaban J connectivity index is 1.56. The van der Waals surface area contributed by atoms with E-state index in [1.54, 1.807) is 48.5 Å². The Kier molecular flexibility index (Phi) is 7.35. The second-order valence-electron chi connectivity index (χ2n) is 7.81. The number of rotatable bonds is 9. The van der Waals surface area contributed by atoms with Gasteiger partial charge in [0, 0.05) is 12.1 Å². The summed E-state index contributed by atoms with van der Waals surface area (Å²) in [5.41, 5.74) is 7.09. The van der Waals surface area contributed by atoms with Crippen LogP contribution in [0.25, 0.3) is 5.69 Å². The van der Waals surface area contributed by atoms with E-state index in [9.17, 15) is 14.4 Å². The van der Waals surface area contributed by atoms with E-state index < -0.39 is 11.8 Å². The van der Waals surface area contributed by atoms with Gasteiger partial charge >= 0.3 is 0 Å². The van der Waals surface area contributed by atoms with Crippen molar-refractivity contribution in [3.8, 4) is 11.4 Å². The molecule has 10 nitrogen and oxygen atoms in total. The van der Waals surface area contributed by atoms with Crippen LogP contribution in [0.5, 0.6) is 5.75 Å². The molecular weight excluding hydrogens is 460 g/mol. The largest absolute Gasteiger partial charge is 0.497 e. The fourth-order valence-corrected chi connectivity index (χ4v) is 3.50. The van der Waals surface area contributed by atoms with Crippen LogP contribution in [-0.4, -0.2) is 51.3 Å².